The number of aliphatic imine (C=N–C) groups is 1. The van der Waals surface area contributed by atoms with E-state index in [1.54, 1.807) is 14.2 Å². The molecule has 1 aliphatic heterocycles. The molecular weight excluding hydrogens is 479 g/mol. The van der Waals surface area contributed by atoms with Crippen LogP contribution in [0.4, 0.5) is 0 Å². The van der Waals surface area contributed by atoms with Gasteiger partial charge < -0.3 is 20.1 Å². The minimum atomic E-state index is -0.253. The highest BCUT2D eigenvalue weighted by Gasteiger charge is 2.23. The van der Waals surface area contributed by atoms with Gasteiger partial charge in [-0.15, -0.1) is 24.0 Å². The number of benzene rings is 1. The van der Waals surface area contributed by atoms with E-state index >= 15 is 0 Å². The maximum Gasteiger partial charge on any atom is 0.191 e. The normalized spacial score (nSPS) is 17.1. The van der Waals surface area contributed by atoms with Gasteiger partial charge in [0.25, 0.3) is 0 Å². The van der Waals surface area contributed by atoms with Crippen molar-refractivity contribution >= 4 is 41.5 Å². The van der Waals surface area contributed by atoms with Crippen molar-refractivity contribution in [1.29, 1.82) is 0 Å². The molecule has 0 spiro atoms. The highest BCUT2D eigenvalue weighted by molar-refractivity contribution is 14.0. The van der Waals surface area contributed by atoms with E-state index in [-0.39, 0.29) is 35.6 Å². The zero-order valence-electron chi connectivity index (χ0n) is 16.6. The number of nitrogens with zero attached hydrogens (tertiary/aromatic N) is 2. The lowest BCUT2D eigenvalue weighted by atomic mass is 10.0. The molecule has 1 fully saturated rings. The summed E-state index contributed by atoms with van der Waals surface area (Å²) in [6.45, 7) is 8.85. The van der Waals surface area contributed by atoms with Crippen LogP contribution in [0.1, 0.15) is 25.5 Å². The molecule has 0 bridgehead atoms. The van der Waals surface area contributed by atoms with Crippen molar-refractivity contribution in [2.24, 2.45) is 4.99 Å². The van der Waals surface area contributed by atoms with Gasteiger partial charge in [-0.2, -0.15) is 0 Å². The molecule has 6 nitrogen and oxygen atoms in total. The van der Waals surface area contributed by atoms with Gasteiger partial charge in [0.15, 0.2) is 5.96 Å². The van der Waals surface area contributed by atoms with Crippen LogP contribution < -0.4 is 10.6 Å². The van der Waals surface area contributed by atoms with Crippen molar-refractivity contribution in [2.45, 2.75) is 25.5 Å². The van der Waals surface area contributed by atoms with E-state index in [1.165, 1.54) is 5.56 Å². The zero-order valence-corrected chi connectivity index (χ0v) is 19.7. The number of halogens is 2. The van der Waals surface area contributed by atoms with E-state index in [1.807, 2.05) is 26.0 Å². The van der Waals surface area contributed by atoms with Crippen LogP contribution in [0.2, 0.25) is 5.02 Å². The van der Waals surface area contributed by atoms with Gasteiger partial charge in [0.2, 0.25) is 0 Å². The summed E-state index contributed by atoms with van der Waals surface area (Å²) in [4.78, 5) is 6.76. The average Bonchev–Trinajstić information content (AvgIpc) is 2.66. The van der Waals surface area contributed by atoms with Gasteiger partial charge in [-0.3, -0.25) is 9.89 Å². The molecular formula is C19H32ClIN4O2. The Balaban J connectivity index is 0.00000364. The first-order chi connectivity index (χ1) is 12.4. The molecule has 1 unspecified atom stereocenters. The standard InChI is InChI=1S/C19H31ClN4O2.HI/c1-19(2,25-4)14-23-18(21-3)22-13-17(24-9-11-26-12-10-24)15-5-7-16(20)8-6-15;/h5-8,17H,9-14H2,1-4H3,(H2,21,22,23);1H. The summed E-state index contributed by atoms with van der Waals surface area (Å²) in [5.41, 5.74) is 0.980. The highest BCUT2D eigenvalue weighted by Crippen LogP contribution is 2.23. The Hall–Kier alpha value is -0.610. The second kappa shape index (κ2) is 12.1. The van der Waals surface area contributed by atoms with Crippen molar-refractivity contribution in [3.63, 3.8) is 0 Å². The molecule has 1 atom stereocenters. The van der Waals surface area contributed by atoms with Crippen LogP contribution in [0.5, 0.6) is 0 Å². The number of guanidine groups is 1. The van der Waals surface area contributed by atoms with Crippen LogP contribution in [0, 0.1) is 0 Å². The van der Waals surface area contributed by atoms with Gasteiger partial charge in [0, 0.05) is 45.4 Å². The molecule has 1 saturated heterocycles. The topological polar surface area (TPSA) is 58.1 Å². The van der Waals surface area contributed by atoms with E-state index in [2.05, 4.69) is 32.7 Å². The van der Waals surface area contributed by atoms with Gasteiger partial charge in [-0.05, 0) is 31.5 Å². The predicted molar refractivity (Wildman–Crippen MR) is 122 cm³/mol. The van der Waals surface area contributed by atoms with Gasteiger partial charge in [-0.25, -0.2) is 0 Å². The van der Waals surface area contributed by atoms with E-state index in [9.17, 15) is 0 Å². The van der Waals surface area contributed by atoms with Crippen LogP contribution >= 0.6 is 35.6 Å². The monoisotopic (exact) mass is 510 g/mol. The molecule has 0 radical (unpaired) electrons. The summed E-state index contributed by atoms with van der Waals surface area (Å²) in [6.07, 6.45) is 0. The molecule has 0 aliphatic carbocycles. The van der Waals surface area contributed by atoms with Gasteiger partial charge in [-0.1, -0.05) is 23.7 Å². The lowest BCUT2D eigenvalue weighted by molar-refractivity contribution is 0.0167. The molecule has 2 N–H and O–H groups in total. The van der Waals surface area contributed by atoms with E-state index in [4.69, 9.17) is 21.1 Å². The van der Waals surface area contributed by atoms with Crippen molar-refractivity contribution in [2.75, 3.05) is 53.6 Å². The largest absolute Gasteiger partial charge is 0.379 e. The predicted octanol–water partition coefficient (Wildman–Crippen LogP) is 2.92. The SMILES string of the molecule is CN=C(NCC(c1ccc(Cl)cc1)N1CCOCC1)NCC(C)(C)OC.I. The molecule has 0 aromatic heterocycles. The quantitative estimate of drug-likeness (QED) is 0.336. The molecule has 1 heterocycles. The molecule has 1 aliphatic rings. The third kappa shape index (κ3) is 8.11. The second-order valence-corrected chi connectivity index (χ2v) is 7.42. The maximum absolute atomic E-state index is 6.06. The summed E-state index contributed by atoms with van der Waals surface area (Å²) in [7, 11) is 3.49. The molecule has 0 saturated carbocycles. The number of hydrogen-bond acceptors (Lipinski definition) is 4. The Morgan fingerprint density at radius 2 is 1.89 bits per heavy atom. The van der Waals surface area contributed by atoms with E-state index in [0.717, 1.165) is 43.8 Å². The Bertz CT molecular complexity index is 578. The highest BCUT2D eigenvalue weighted by atomic mass is 127. The van der Waals surface area contributed by atoms with Gasteiger partial charge in [0.05, 0.1) is 24.9 Å². The third-order valence-electron chi connectivity index (χ3n) is 4.66. The number of nitrogens with one attached hydrogen (secondary N) is 2. The van der Waals surface area contributed by atoms with Crippen molar-refractivity contribution < 1.29 is 9.47 Å². The van der Waals surface area contributed by atoms with Gasteiger partial charge >= 0.3 is 0 Å². The molecule has 2 rings (SSSR count). The van der Waals surface area contributed by atoms with Gasteiger partial charge in [0.1, 0.15) is 0 Å². The first-order valence-corrected chi connectivity index (χ1v) is 9.40. The lowest BCUT2D eigenvalue weighted by Crippen LogP contribution is -2.48. The Labute approximate surface area is 185 Å². The van der Waals surface area contributed by atoms with Crippen LogP contribution in [0.3, 0.4) is 0 Å². The summed E-state index contributed by atoms with van der Waals surface area (Å²) in [5, 5.41) is 7.53. The molecule has 8 heteroatoms. The lowest BCUT2D eigenvalue weighted by Gasteiger charge is -2.35. The second-order valence-electron chi connectivity index (χ2n) is 6.99. The Kier molecular flexibility index (Phi) is 10.9. The summed E-state index contributed by atoms with van der Waals surface area (Å²) < 4.78 is 11.0. The molecule has 154 valence electrons. The van der Waals surface area contributed by atoms with E-state index < -0.39 is 0 Å². The Morgan fingerprint density at radius 3 is 2.44 bits per heavy atom. The fraction of sp³-hybridized carbons (Fsp3) is 0.632. The average molecular weight is 511 g/mol. The zero-order chi connectivity index (χ0) is 19.0. The fourth-order valence-corrected chi connectivity index (χ4v) is 2.94. The van der Waals surface area contributed by atoms with Crippen molar-refractivity contribution in [1.82, 2.24) is 15.5 Å². The minimum Gasteiger partial charge on any atom is -0.379 e. The van der Waals surface area contributed by atoms with Crippen LogP contribution in [0.25, 0.3) is 0 Å². The number of hydrogen-bond donors (Lipinski definition) is 2. The van der Waals surface area contributed by atoms with E-state index in [0.29, 0.717) is 6.54 Å². The number of morpholine rings is 1. The van der Waals surface area contributed by atoms with Crippen LogP contribution in [0.15, 0.2) is 29.3 Å². The number of rotatable bonds is 7. The third-order valence-corrected chi connectivity index (χ3v) is 4.91. The first-order valence-electron chi connectivity index (χ1n) is 9.02. The molecule has 1 aromatic carbocycles. The maximum atomic E-state index is 6.06. The molecule has 1 aromatic rings. The summed E-state index contributed by atoms with van der Waals surface area (Å²) in [6, 6.07) is 8.30. The molecule has 0 amide bonds. The van der Waals surface area contributed by atoms with Crippen LogP contribution in [-0.2, 0) is 9.47 Å². The number of methoxy groups -OCH3 is 1. The number of ether oxygens (including phenoxy) is 2. The van der Waals surface area contributed by atoms with Crippen LogP contribution in [-0.4, -0.2) is 70.0 Å². The van der Waals surface area contributed by atoms with Crippen molar-refractivity contribution in [3.8, 4) is 0 Å². The molecule has 27 heavy (non-hydrogen) atoms. The Morgan fingerprint density at radius 1 is 1.26 bits per heavy atom. The summed E-state index contributed by atoms with van der Waals surface area (Å²) >= 11 is 6.06. The minimum absolute atomic E-state index is 0. The fourth-order valence-electron chi connectivity index (χ4n) is 2.81. The summed E-state index contributed by atoms with van der Waals surface area (Å²) in [5.74, 6) is 0.766. The first kappa shape index (κ1) is 24.4. The van der Waals surface area contributed by atoms with Crippen molar-refractivity contribution in [3.05, 3.63) is 34.9 Å². The smallest absolute Gasteiger partial charge is 0.191 e.